The number of aliphatic hydroxyl groups excluding tert-OH is 1. The molecule has 5 rings (SSSR count). The zero-order chi connectivity index (χ0) is 20.1. The maximum atomic E-state index is 12.7. The van der Waals surface area contributed by atoms with Crippen molar-refractivity contribution < 1.29 is 24.1 Å². The van der Waals surface area contributed by atoms with Gasteiger partial charge in [-0.3, -0.25) is 0 Å². The zero-order valence-electron chi connectivity index (χ0n) is 16.0. The molecule has 2 aromatic carbocycles. The van der Waals surface area contributed by atoms with E-state index in [1.165, 1.54) is 7.11 Å². The first-order chi connectivity index (χ1) is 14.2. The van der Waals surface area contributed by atoms with Crippen molar-refractivity contribution in [1.82, 2.24) is 15.4 Å². The number of carbonyl (C=O) groups is 1. The number of aromatic nitrogens is 3. The van der Waals surface area contributed by atoms with E-state index < -0.39 is 5.92 Å². The number of fused-ring (bicyclic) bond motifs is 3. The lowest BCUT2D eigenvalue weighted by molar-refractivity contribution is -0.136. The first-order valence-corrected chi connectivity index (χ1v) is 9.23. The van der Waals surface area contributed by atoms with Gasteiger partial charge < -0.3 is 19.3 Å². The average Bonchev–Trinajstić information content (AvgIpc) is 3.37. The van der Waals surface area contributed by atoms with E-state index in [1.54, 1.807) is 7.11 Å². The fourth-order valence-electron chi connectivity index (χ4n) is 4.43. The summed E-state index contributed by atoms with van der Waals surface area (Å²) in [5.74, 6) is 0.235. The number of ether oxygens (including phenoxy) is 3. The molecule has 148 valence electrons. The number of carbonyl (C=O) groups excluding carboxylic acids is 1. The van der Waals surface area contributed by atoms with Gasteiger partial charge in [0.25, 0.3) is 0 Å². The fraction of sp³-hybridized carbons (Fsp3) is 0.286. The lowest BCUT2D eigenvalue weighted by Crippen LogP contribution is -2.19. The summed E-state index contributed by atoms with van der Waals surface area (Å²) in [5, 5.41) is 21.1. The first kappa shape index (κ1) is 17.7. The number of methoxy groups -OCH3 is 2. The number of H-pyrrole nitrogens is 1. The number of benzene rings is 2. The van der Waals surface area contributed by atoms with Crippen LogP contribution in [-0.2, 0) is 22.6 Å². The highest BCUT2D eigenvalue weighted by molar-refractivity contribution is 5.97. The summed E-state index contributed by atoms with van der Waals surface area (Å²) in [6, 6.07) is 7.63. The molecule has 0 saturated heterocycles. The van der Waals surface area contributed by atoms with Gasteiger partial charge in [0.2, 0.25) is 0 Å². The number of nitrogens with one attached hydrogen (secondary N) is 1. The van der Waals surface area contributed by atoms with Crippen LogP contribution in [0.15, 0.2) is 35.4 Å². The molecular weight excluding hydrogens is 374 g/mol. The predicted octanol–water partition coefficient (Wildman–Crippen LogP) is 2.01. The molecule has 0 spiro atoms. The van der Waals surface area contributed by atoms with Crippen LogP contribution in [-0.4, -0.2) is 47.3 Å². The molecule has 3 aromatic rings. The number of hydrogen-bond acceptors (Lipinski definition) is 7. The van der Waals surface area contributed by atoms with Gasteiger partial charge >= 0.3 is 5.97 Å². The molecule has 1 unspecified atom stereocenters. The van der Waals surface area contributed by atoms with E-state index in [0.717, 1.165) is 33.3 Å². The summed E-state index contributed by atoms with van der Waals surface area (Å²) in [7, 11) is 3.07. The summed E-state index contributed by atoms with van der Waals surface area (Å²) in [6.45, 7) is 0.0680. The SMILES string of the molecule is COc1cc(C2C3=C(COC3=O)Cc3ccc4n[nH]nc4c32)cc(CO)c1OC. The number of hydrogen-bond donors (Lipinski definition) is 2. The quantitative estimate of drug-likeness (QED) is 0.653. The lowest BCUT2D eigenvalue weighted by atomic mass is 9.74. The van der Waals surface area contributed by atoms with Crippen molar-refractivity contribution in [2.75, 3.05) is 20.8 Å². The van der Waals surface area contributed by atoms with Crippen LogP contribution < -0.4 is 9.47 Å². The summed E-state index contributed by atoms with van der Waals surface area (Å²) in [5.41, 5.74) is 6.42. The van der Waals surface area contributed by atoms with Crippen LogP contribution in [0, 0.1) is 0 Å². The Kier molecular flexibility index (Phi) is 4.02. The van der Waals surface area contributed by atoms with Gasteiger partial charge in [0.05, 0.1) is 26.4 Å². The van der Waals surface area contributed by atoms with Crippen molar-refractivity contribution in [3.8, 4) is 11.5 Å². The molecule has 2 aliphatic rings. The number of cyclic esters (lactones) is 1. The van der Waals surface area contributed by atoms with Gasteiger partial charge in [-0.05, 0) is 46.9 Å². The zero-order valence-corrected chi connectivity index (χ0v) is 16.0. The Morgan fingerprint density at radius 3 is 2.86 bits per heavy atom. The molecule has 0 fully saturated rings. The van der Waals surface area contributed by atoms with Gasteiger partial charge in [-0.15, -0.1) is 0 Å². The largest absolute Gasteiger partial charge is 0.493 e. The van der Waals surface area contributed by atoms with E-state index >= 15 is 0 Å². The molecule has 2 heterocycles. The second-order valence-electron chi connectivity index (χ2n) is 7.11. The van der Waals surface area contributed by atoms with Crippen molar-refractivity contribution in [2.24, 2.45) is 0 Å². The molecule has 0 saturated carbocycles. The molecule has 0 radical (unpaired) electrons. The molecule has 2 N–H and O–H groups in total. The molecule has 1 aliphatic carbocycles. The maximum absolute atomic E-state index is 12.7. The molecule has 8 nitrogen and oxygen atoms in total. The molecule has 1 aromatic heterocycles. The lowest BCUT2D eigenvalue weighted by Gasteiger charge is -2.27. The van der Waals surface area contributed by atoms with Crippen molar-refractivity contribution in [2.45, 2.75) is 18.9 Å². The van der Waals surface area contributed by atoms with Gasteiger partial charge in [0.1, 0.15) is 17.6 Å². The van der Waals surface area contributed by atoms with E-state index in [1.807, 2.05) is 24.3 Å². The Bertz CT molecular complexity index is 1160. The Morgan fingerprint density at radius 2 is 2.10 bits per heavy atom. The monoisotopic (exact) mass is 393 g/mol. The van der Waals surface area contributed by atoms with Crippen LogP contribution in [0.5, 0.6) is 11.5 Å². The third-order valence-electron chi connectivity index (χ3n) is 5.66. The summed E-state index contributed by atoms with van der Waals surface area (Å²) >= 11 is 0. The van der Waals surface area contributed by atoms with E-state index in [0.29, 0.717) is 35.7 Å². The number of nitrogens with zero attached hydrogens (tertiary/aromatic N) is 2. The second kappa shape index (κ2) is 6.59. The van der Waals surface area contributed by atoms with Crippen LogP contribution in [0.4, 0.5) is 0 Å². The van der Waals surface area contributed by atoms with Crippen LogP contribution >= 0.6 is 0 Å². The minimum absolute atomic E-state index is 0.225. The molecule has 29 heavy (non-hydrogen) atoms. The summed E-state index contributed by atoms with van der Waals surface area (Å²) in [4.78, 5) is 12.7. The van der Waals surface area contributed by atoms with Crippen LogP contribution in [0.25, 0.3) is 11.0 Å². The van der Waals surface area contributed by atoms with E-state index in [-0.39, 0.29) is 12.6 Å². The van der Waals surface area contributed by atoms with Crippen molar-refractivity contribution in [3.05, 3.63) is 57.7 Å². The summed E-state index contributed by atoms with van der Waals surface area (Å²) in [6.07, 6.45) is 0.635. The van der Waals surface area contributed by atoms with Gasteiger partial charge in [-0.1, -0.05) is 6.07 Å². The topological polar surface area (TPSA) is 107 Å². The first-order valence-electron chi connectivity index (χ1n) is 9.23. The molecule has 1 atom stereocenters. The maximum Gasteiger partial charge on any atom is 0.335 e. The van der Waals surface area contributed by atoms with E-state index in [9.17, 15) is 9.90 Å². The Labute approximate surface area is 166 Å². The van der Waals surface area contributed by atoms with E-state index in [2.05, 4.69) is 15.4 Å². The van der Waals surface area contributed by atoms with Crippen LogP contribution in [0.2, 0.25) is 0 Å². The van der Waals surface area contributed by atoms with Crippen molar-refractivity contribution in [3.63, 3.8) is 0 Å². The average molecular weight is 393 g/mol. The fourth-order valence-corrected chi connectivity index (χ4v) is 4.43. The third-order valence-corrected chi connectivity index (χ3v) is 5.66. The number of rotatable bonds is 4. The van der Waals surface area contributed by atoms with E-state index in [4.69, 9.17) is 14.2 Å². The minimum Gasteiger partial charge on any atom is -0.493 e. The minimum atomic E-state index is -0.400. The number of aliphatic hydroxyl groups is 1. The van der Waals surface area contributed by atoms with Gasteiger partial charge in [-0.2, -0.15) is 15.4 Å². The van der Waals surface area contributed by atoms with Crippen molar-refractivity contribution in [1.29, 1.82) is 0 Å². The highest BCUT2D eigenvalue weighted by Crippen LogP contribution is 2.47. The normalized spacial score (nSPS) is 17.9. The van der Waals surface area contributed by atoms with Gasteiger partial charge in [0, 0.05) is 11.5 Å². The molecule has 0 amide bonds. The number of aromatic amines is 1. The molecule has 8 heteroatoms. The van der Waals surface area contributed by atoms with Crippen LogP contribution in [0.3, 0.4) is 0 Å². The molecule has 0 bridgehead atoms. The molecule has 1 aliphatic heterocycles. The Morgan fingerprint density at radius 1 is 1.24 bits per heavy atom. The highest BCUT2D eigenvalue weighted by Gasteiger charge is 2.40. The standard InChI is InChI=1S/C21H19N3O5/c1-27-15-7-11(6-12(8-25)20(15)28-2)16-17-10(3-4-14-19(17)23-24-22-14)5-13-9-29-21(26)18(13)16/h3-4,6-7,16,25H,5,8-9H2,1-2H3,(H,22,23,24). The predicted molar refractivity (Wildman–Crippen MR) is 103 cm³/mol. The Balaban J connectivity index is 1.81. The second-order valence-corrected chi connectivity index (χ2v) is 7.11. The van der Waals surface area contributed by atoms with Gasteiger partial charge in [-0.25, -0.2) is 4.79 Å². The highest BCUT2D eigenvalue weighted by atomic mass is 16.5. The van der Waals surface area contributed by atoms with Crippen molar-refractivity contribution >= 4 is 17.0 Å². The summed E-state index contributed by atoms with van der Waals surface area (Å²) < 4.78 is 16.3. The number of esters is 1. The molecular formula is C21H19N3O5. The smallest absolute Gasteiger partial charge is 0.335 e. The van der Waals surface area contributed by atoms with Gasteiger partial charge in [0.15, 0.2) is 11.5 Å². The van der Waals surface area contributed by atoms with Crippen LogP contribution in [0.1, 0.15) is 28.2 Å². The Hall–Kier alpha value is -3.39. The third kappa shape index (κ3) is 2.52.